The quantitative estimate of drug-likeness (QED) is 0.140. The normalized spacial score (nSPS) is 11.1. The molecule has 2 heterocycles. The van der Waals surface area contributed by atoms with Gasteiger partial charge in [0.25, 0.3) is 0 Å². The van der Waals surface area contributed by atoms with Crippen molar-refractivity contribution in [1.29, 1.82) is 5.26 Å². The molecule has 0 amide bonds. The minimum atomic E-state index is 0.485. The first-order valence-electron chi connectivity index (χ1n) is 26.1. The van der Waals surface area contributed by atoms with E-state index in [4.69, 9.17) is 26.3 Å². The third-order valence-electron chi connectivity index (χ3n) is 15.4. The predicted molar refractivity (Wildman–Crippen MR) is 327 cm³/mol. The molecule has 0 atom stereocenters. The summed E-state index contributed by atoms with van der Waals surface area (Å²) >= 11 is 0. The molecule has 13 rings (SSSR count). The van der Waals surface area contributed by atoms with E-state index in [1.807, 2.05) is 109 Å². The van der Waals surface area contributed by atoms with Gasteiger partial charge in [0.15, 0.2) is 22.7 Å². The number of rotatable bonds is 8. The Hall–Kier alpha value is -11.5. The summed E-state index contributed by atoms with van der Waals surface area (Å²) < 4.78 is 4.61. The summed E-state index contributed by atoms with van der Waals surface area (Å²) in [5, 5.41) is 13.9. The standard InChI is InChI=1S/C73H43N7/c1-45-22-28-60(46(2)34-45)56-27-33-71(79-67-29-24-53(49-14-8-17-57(36-49)75-3)40-61(67)62-41-54(25-30-68(62)79)50-15-9-18-58(37-50)76-4)65(43-56)73-66(78-6)20-11-21-72(73)80-69-31-23-52(48-13-7-12-47(35-48)44-74)39-63(69)64-42-55(26-32-70(64)80)51-16-10-19-59(38-51)77-5/h7-43H,1-2H3. The van der Waals surface area contributed by atoms with Crippen LogP contribution < -0.4 is 0 Å². The zero-order valence-electron chi connectivity index (χ0n) is 43.5. The molecule has 13 aromatic rings. The Balaban J connectivity index is 1.12. The van der Waals surface area contributed by atoms with E-state index < -0.39 is 0 Å². The SMILES string of the molecule is [C-]#[N+]c1cccc(-c2ccc3c(c2)c2cc(-c4cccc([N+]#[C-])c4)ccc2n3-c2ccc(-c3ccc(C)cc3C)cc2-c2c([N+]#[C-])cccc2-n2c3ccc(-c4cccc(C#N)c4)cc3c3cc(-c4cccc([N+]#[C-])c4)ccc32)c1. The van der Waals surface area contributed by atoms with Crippen molar-refractivity contribution < 1.29 is 0 Å². The van der Waals surface area contributed by atoms with Crippen molar-refractivity contribution in [2.75, 3.05) is 0 Å². The molecule has 7 nitrogen and oxygen atoms in total. The molecule has 0 radical (unpaired) electrons. The molecule has 0 spiro atoms. The highest BCUT2D eigenvalue weighted by molar-refractivity contribution is 6.14. The molecule has 0 aliphatic carbocycles. The van der Waals surface area contributed by atoms with Crippen LogP contribution in [0.3, 0.4) is 0 Å². The van der Waals surface area contributed by atoms with Gasteiger partial charge in [0.2, 0.25) is 0 Å². The molecular formula is C73H43N7. The van der Waals surface area contributed by atoms with E-state index in [9.17, 15) is 5.26 Å². The molecule has 0 aliphatic heterocycles. The van der Waals surface area contributed by atoms with Crippen LogP contribution in [0.15, 0.2) is 224 Å². The minimum Gasteiger partial charge on any atom is -0.310 e. The first kappa shape index (κ1) is 48.1. The molecule has 2 aromatic heterocycles. The van der Waals surface area contributed by atoms with Crippen molar-refractivity contribution in [2.24, 2.45) is 0 Å². The number of fused-ring (bicyclic) bond motifs is 6. The van der Waals surface area contributed by atoms with Crippen molar-refractivity contribution >= 4 is 66.4 Å². The van der Waals surface area contributed by atoms with Crippen LogP contribution >= 0.6 is 0 Å². The summed E-state index contributed by atoms with van der Waals surface area (Å²) in [5.41, 5.74) is 21.9. The van der Waals surface area contributed by atoms with Gasteiger partial charge in [-0.25, -0.2) is 19.4 Å². The lowest BCUT2D eigenvalue weighted by Crippen LogP contribution is -2.02. The van der Waals surface area contributed by atoms with Crippen molar-refractivity contribution in [1.82, 2.24) is 9.13 Å². The molecule has 0 bridgehead atoms. The van der Waals surface area contributed by atoms with Gasteiger partial charge in [-0.3, -0.25) is 0 Å². The Kier molecular flexibility index (Phi) is 11.8. The zero-order valence-corrected chi connectivity index (χ0v) is 43.5. The van der Waals surface area contributed by atoms with Crippen molar-refractivity contribution in [3.05, 3.63) is 287 Å². The van der Waals surface area contributed by atoms with E-state index in [1.165, 1.54) is 5.56 Å². The van der Waals surface area contributed by atoms with Gasteiger partial charge in [-0.2, -0.15) is 5.26 Å². The van der Waals surface area contributed by atoms with Gasteiger partial charge in [-0.15, -0.1) is 0 Å². The third kappa shape index (κ3) is 8.19. The topological polar surface area (TPSA) is 51.1 Å². The number of benzene rings is 11. The van der Waals surface area contributed by atoms with E-state index in [0.717, 1.165) is 127 Å². The smallest absolute Gasteiger partial charge is 0.197 e. The lowest BCUT2D eigenvalue weighted by molar-refractivity contribution is 1.16. The maximum absolute atomic E-state index is 9.91. The number of aromatic nitrogens is 2. The zero-order chi connectivity index (χ0) is 54.6. The maximum atomic E-state index is 9.91. The monoisotopic (exact) mass is 1020 g/mol. The summed E-state index contributed by atoms with van der Waals surface area (Å²) in [6.07, 6.45) is 0. The van der Waals surface area contributed by atoms with Crippen LogP contribution in [0.2, 0.25) is 0 Å². The predicted octanol–water partition coefficient (Wildman–Crippen LogP) is 20.6. The highest BCUT2D eigenvalue weighted by atomic mass is 15.0. The Morgan fingerprint density at radius 2 is 0.775 bits per heavy atom. The molecule has 11 aromatic carbocycles. The molecule has 0 fully saturated rings. The average molecular weight is 1020 g/mol. The van der Waals surface area contributed by atoms with Crippen LogP contribution in [0.5, 0.6) is 0 Å². The fourth-order valence-electron chi connectivity index (χ4n) is 11.6. The Morgan fingerprint density at radius 1 is 0.350 bits per heavy atom. The van der Waals surface area contributed by atoms with Gasteiger partial charge in [0.1, 0.15) is 0 Å². The van der Waals surface area contributed by atoms with Gasteiger partial charge < -0.3 is 9.13 Å². The highest BCUT2D eigenvalue weighted by Gasteiger charge is 2.25. The lowest BCUT2D eigenvalue weighted by atomic mass is 9.92. The van der Waals surface area contributed by atoms with Crippen LogP contribution in [0.1, 0.15) is 16.7 Å². The lowest BCUT2D eigenvalue weighted by Gasteiger charge is -2.21. The van der Waals surface area contributed by atoms with Crippen LogP contribution in [-0.4, -0.2) is 9.13 Å². The number of nitrogens with zero attached hydrogens (tertiary/aromatic N) is 7. The van der Waals surface area contributed by atoms with Gasteiger partial charge in [-0.05, 0) is 178 Å². The molecule has 0 aliphatic rings. The summed E-state index contributed by atoms with van der Waals surface area (Å²) in [7, 11) is 0. The van der Waals surface area contributed by atoms with Gasteiger partial charge in [0, 0.05) is 32.8 Å². The van der Waals surface area contributed by atoms with Crippen molar-refractivity contribution in [3.63, 3.8) is 0 Å². The number of aryl methyl sites for hydroxylation is 2. The molecule has 0 saturated heterocycles. The van der Waals surface area contributed by atoms with Gasteiger partial charge >= 0.3 is 0 Å². The van der Waals surface area contributed by atoms with E-state index >= 15 is 0 Å². The molecule has 370 valence electrons. The van der Waals surface area contributed by atoms with E-state index in [1.54, 1.807) is 0 Å². The largest absolute Gasteiger partial charge is 0.310 e. The van der Waals surface area contributed by atoms with Crippen LogP contribution in [0, 0.1) is 51.5 Å². The first-order chi connectivity index (χ1) is 39.2. The Bertz CT molecular complexity index is 4760. The summed E-state index contributed by atoms with van der Waals surface area (Å²) in [5.74, 6) is 0. The van der Waals surface area contributed by atoms with Gasteiger partial charge in [-0.1, -0.05) is 133 Å². The second-order valence-electron chi connectivity index (χ2n) is 20.1. The number of hydrogen-bond acceptors (Lipinski definition) is 1. The summed E-state index contributed by atoms with van der Waals surface area (Å²) in [6.45, 7) is 36.6. The third-order valence-corrected chi connectivity index (χ3v) is 15.4. The van der Waals surface area contributed by atoms with E-state index in [0.29, 0.717) is 28.3 Å². The molecule has 80 heavy (non-hydrogen) atoms. The van der Waals surface area contributed by atoms with Crippen molar-refractivity contribution in [2.45, 2.75) is 13.8 Å². The minimum absolute atomic E-state index is 0.485. The molecule has 7 heteroatoms. The van der Waals surface area contributed by atoms with Crippen molar-refractivity contribution in [3.8, 4) is 84.2 Å². The molecule has 0 unspecified atom stereocenters. The highest BCUT2D eigenvalue weighted by Crippen LogP contribution is 2.48. The first-order valence-corrected chi connectivity index (χ1v) is 26.1. The number of hydrogen-bond donors (Lipinski definition) is 0. The summed E-state index contributed by atoms with van der Waals surface area (Å²) in [6, 6.07) is 78.2. The second kappa shape index (κ2) is 19.6. The van der Waals surface area contributed by atoms with E-state index in [2.05, 4.69) is 164 Å². The van der Waals surface area contributed by atoms with Crippen LogP contribution in [0.25, 0.3) is 141 Å². The maximum Gasteiger partial charge on any atom is 0.197 e. The Morgan fingerprint density at radius 3 is 1.23 bits per heavy atom. The van der Waals surface area contributed by atoms with E-state index in [-0.39, 0.29) is 0 Å². The average Bonchev–Trinajstić information content (AvgIpc) is 4.20. The fourth-order valence-corrected chi connectivity index (χ4v) is 11.6. The molecule has 0 N–H and O–H groups in total. The van der Waals surface area contributed by atoms with Gasteiger partial charge in [0.05, 0.1) is 65.7 Å². The Labute approximate surface area is 463 Å². The molecule has 0 saturated carbocycles. The summed E-state index contributed by atoms with van der Waals surface area (Å²) in [4.78, 5) is 15.6. The fraction of sp³-hybridized carbons (Fsp3) is 0.0274. The van der Waals surface area contributed by atoms with Crippen LogP contribution in [-0.2, 0) is 0 Å². The second-order valence-corrected chi connectivity index (χ2v) is 20.1. The number of nitriles is 1. The molecular weight excluding hydrogens is 975 g/mol. The van der Waals surface area contributed by atoms with Crippen LogP contribution in [0.4, 0.5) is 22.7 Å².